The fourth-order valence-corrected chi connectivity index (χ4v) is 3.75. The highest BCUT2D eigenvalue weighted by Gasteiger charge is 2.12. The van der Waals surface area contributed by atoms with Crippen LogP contribution in [0.15, 0.2) is 48.5 Å². The van der Waals surface area contributed by atoms with Gasteiger partial charge in [-0.25, -0.2) is 4.98 Å². The molecule has 0 saturated carbocycles. The molecular weight excluding hydrogens is 362 g/mol. The first-order valence-electron chi connectivity index (χ1n) is 8.50. The number of nitrogens with zero attached hydrogens (tertiary/aromatic N) is 2. The lowest BCUT2D eigenvalue weighted by molar-refractivity contribution is -0.384. The van der Waals surface area contributed by atoms with Crippen molar-refractivity contribution in [2.24, 2.45) is 0 Å². The van der Waals surface area contributed by atoms with Crippen molar-refractivity contribution >= 4 is 22.9 Å². The van der Waals surface area contributed by atoms with Gasteiger partial charge in [0.1, 0.15) is 5.01 Å². The third-order valence-electron chi connectivity index (χ3n) is 4.14. The van der Waals surface area contributed by atoms with Gasteiger partial charge < -0.3 is 5.32 Å². The molecule has 0 bridgehead atoms. The molecule has 0 atom stereocenters. The number of benzene rings is 2. The number of hydrogen-bond acceptors (Lipinski definition) is 5. The van der Waals surface area contributed by atoms with Gasteiger partial charge in [-0.2, -0.15) is 0 Å². The summed E-state index contributed by atoms with van der Waals surface area (Å²) in [6.45, 7) is 4.51. The van der Waals surface area contributed by atoms with E-state index in [0.29, 0.717) is 18.5 Å². The summed E-state index contributed by atoms with van der Waals surface area (Å²) in [4.78, 5) is 28.1. The Labute approximate surface area is 161 Å². The van der Waals surface area contributed by atoms with Crippen molar-refractivity contribution in [2.45, 2.75) is 20.3 Å². The minimum atomic E-state index is -0.486. The summed E-state index contributed by atoms with van der Waals surface area (Å²) in [7, 11) is 0. The van der Waals surface area contributed by atoms with Crippen LogP contribution in [0.4, 0.5) is 5.69 Å². The summed E-state index contributed by atoms with van der Waals surface area (Å²) in [5, 5.41) is 14.5. The number of thiazole rings is 1. The largest absolute Gasteiger partial charge is 0.352 e. The third-order valence-corrected chi connectivity index (χ3v) is 5.40. The van der Waals surface area contributed by atoms with Gasteiger partial charge in [-0.1, -0.05) is 23.8 Å². The number of nitro benzene ring substituents is 1. The molecule has 0 unspecified atom stereocenters. The molecule has 0 spiro atoms. The van der Waals surface area contributed by atoms with E-state index in [0.717, 1.165) is 21.1 Å². The average Bonchev–Trinajstić information content (AvgIpc) is 3.02. The van der Waals surface area contributed by atoms with Gasteiger partial charge in [0.15, 0.2) is 0 Å². The zero-order valence-electron chi connectivity index (χ0n) is 15.1. The number of carbonyl (C=O) groups excluding carboxylic acids is 1. The van der Waals surface area contributed by atoms with Crippen molar-refractivity contribution in [3.8, 4) is 10.6 Å². The highest BCUT2D eigenvalue weighted by Crippen LogP contribution is 2.28. The number of aryl methyl sites for hydroxylation is 2. The number of nitro groups is 1. The Hall–Kier alpha value is -3.06. The second kappa shape index (κ2) is 8.09. The normalized spacial score (nSPS) is 10.6. The quantitative estimate of drug-likeness (QED) is 0.509. The molecule has 138 valence electrons. The van der Waals surface area contributed by atoms with E-state index in [2.05, 4.69) is 29.4 Å². The van der Waals surface area contributed by atoms with Gasteiger partial charge in [0.25, 0.3) is 11.6 Å². The molecule has 0 radical (unpaired) electrons. The van der Waals surface area contributed by atoms with Gasteiger partial charge >= 0.3 is 0 Å². The molecule has 0 aliphatic heterocycles. The summed E-state index contributed by atoms with van der Waals surface area (Å²) in [6, 6.07) is 13.8. The fraction of sp³-hybridized carbons (Fsp3) is 0.200. The molecular formula is C20H19N3O3S. The van der Waals surface area contributed by atoms with Gasteiger partial charge in [0.05, 0.1) is 10.6 Å². The first kappa shape index (κ1) is 18.7. The van der Waals surface area contributed by atoms with Crippen molar-refractivity contribution in [3.63, 3.8) is 0 Å². The highest BCUT2D eigenvalue weighted by atomic mass is 32.1. The van der Waals surface area contributed by atoms with Gasteiger partial charge in [-0.05, 0) is 32.0 Å². The molecule has 3 rings (SSSR count). The monoisotopic (exact) mass is 381 g/mol. The van der Waals surface area contributed by atoms with E-state index >= 15 is 0 Å². The van der Waals surface area contributed by atoms with E-state index in [1.54, 1.807) is 11.3 Å². The van der Waals surface area contributed by atoms with Crippen molar-refractivity contribution in [2.75, 3.05) is 6.54 Å². The summed E-state index contributed by atoms with van der Waals surface area (Å²) >= 11 is 1.64. The number of nitrogens with one attached hydrogen (secondary N) is 1. The number of rotatable bonds is 6. The highest BCUT2D eigenvalue weighted by molar-refractivity contribution is 7.15. The smallest absolute Gasteiger partial charge is 0.269 e. The lowest BCUT2D eigenvalue weighted by Crippen LogP contribution is -2.25. The summed E-state index contributed by atoms with van der Waals surface area (Å²) in [6.07, 6.45) is 0.689. The molecule has 0 fully saturated rings. The average molecular weight is 381 g/mol. The van der Waals surface area contributed by atoms with Crippen LogP contribution in [-0.2, 0) is 6.42 Å². The maximum Gasteiger partial charge on any atom is 0.269 e. The number of amides is 1. The number of aromatic nitrogens is 1. The van der Waals surface area contributed by atoms with Crippen molar-refractivity contribution in [1.82, 2.24) is 10.3 Å². The Kier molecular flexibility index (Phi) is 5.61. The van der Waals surface area contributed by atoms with Crippen LogP contribution in [0.1, 0.15) is 26.5 Å². The van der Waals surface area contributed by atoms with Crippen LogP contribution in [0.25, 0.3) is 10.6 Å². The van der Waals surface area contributed by atoms with E-state index in [-0.39, 0.29) is 11.6 Å². The summed E-state index contributed by atoms with van der Waals surface area (Å²) in [5.74, 6) is -0.244. The molecule has 27 heavy (non-hydrogen) atoms. The van der Waals surface area contributed by atoms with Crippen molar-refractivity contribution < 1.29 is 9.72 Å². The Balaban J connectivity index is 1.60. The van der Waals surface area contributed by atoms with Crippen LogP contribution >= 0.6 is 11.3 Å². The second-order valence-electron chi connectivity index (χ2n) is 6.21. The van der Waals surface area contributed by atoms with E-state index in [4.69, 9.17) is 0 Å². The first-order valence-corrected chi connectivity index (χ1v) is 9.31. The molecule has 2 aromatic carbocycles. The summed E-state index contributed by atoms with van der Waals surface area (Å²) in [5.41, 5.74) is 3.64. The van der Waals surface area contributed by atoms with E-state index < -0.39 is 4.92 Å². The van der Waals surface area contributed by atoms with Gasteiger partial charge in [-0.3, -0.25) is 14.9 Å². The molecule has 1 N–H and O–H groups in total. The first-order chi connectivity index (χ1) is 12.9. The lowest BCUT2D eigenvalue weighted by Gasteiger charge is -2.04. The molecule has 0 aliphatic rings. The van der Waals surface area contributed by atoms with Crippen LogP contribution in [0.5, 0.6) is 0 Å². The van der Waals surface area contributed by atoms with Crippen LogP contribution in [0, 0.1) is 24.0 Å². The molecule has 0 saturated heterocycles. The topological polar surface area (TPSA) is 85.1 Å². The van der Waals surface area contributed by atoms with E-state index in [1.807, 2.05) is 19.1 Å². The van der Waals surface area contributed by atoms with Gasteiger partial charge in [-0.15, -0.1) is 11.3 Å². The van der Waals surface area contributed by atoms with Crippen LogP contribution in [0.3, 0.4) is 0 Å². The zero-order chi connectivity index (χ0) is 19.4. The molecule has 1 heterocycles. The maximum atomic E-state index is 12.2. The number of carbonyl (C=O) groups is 1. The fourth-order valence-electron chi connectivity index (χ4n) is 2.69. The van der Waals surface area contributed by atoms with Crippen molar-refractivity contribution in [3.05, 3.63) is 80.3 Å². The van der Waals surface area contributed by atoms with Crippen molar-refractivity contribution in [1.29, 1.82) is 0 Å². The van der Waals surface area contributed by atoms with E-state index in [9.17, 15) is 14.9 Å². The number of non-ortho nitro benzene ring substituents is 1. The molecule has 3 aromatic rings. The van der Waals surface area contributed by atoms with Gasteiger partial charge in [0, 0.05) is 41.1 Å². The lowest BCUT2D eigenvalue weighted by atomic mass is 10.1. The maximum absolute atomic E-state index is 12.2. The Morgan fingerprint density at radius 3 is 2.59 bits per heavy atom. The van der Waals surface area contributed by atoms with Gasteiger partial charge in [0.2, 0.25) is 0 Å². The molecule has 1 aromatic heterocycles. The van der Waals surface area contributed by atoms with Crippen LogP contribution in [-0.4, -0.2) is 22.4 Å². The Bertz CT molecular complexity index is 980. The second-order valence-corrected chi connectivity index (χ2v) is 7.29. The predicted molar refractivity (Wildman–Crippen MR) is 106 cm³/mol. The van der Waals surface area contributed by atoms with Crippen LogP contribution in [0.2, 0.25) is 0 Å². The molecule has 6 nitrogen and oxygen atoms in total. The van der Waals surface area contributed by atoms with E-state index in [1.165, 1.54) is 29.8 Å². The SMILES string of the molecule is Cc1cccc(-c2nc(C)c(CCNC(=O)c3ccc([N+](=O)[O-])cc3)s2)c1. The minimum absolute atomic E-state index is 0.0319. The van der Waals surface area contributed by atoms with Crippen LogP contribution < -0.4 is 5.32 Å². The molecule has 0 aliphatic carbocycles. The summed E-state index contributed by atoms with van der Waals surface area (Å²) < 4.78 is 0. The molecule has 1 amide bonds. The standard InChI is InChI=1S/C20H19N3O3S/c1-13-4-3-5-16(12-13)20-22-14(2)18(27-20)10-11-21-19(24)15-6-8-17(9-7-15)23(25)26/h3-9,12H,10-11H2,1-2H3,(H,21,24). The minimum Gasteiger partial charge on any atom is -0.352 e. The predicted octanol–water partition coefficient (Wildman–Crippen LogP) is 4.31. The molecule has 7 heteroatoms. The third kappa shape index (κ3) is 4.57. The Morgan fingerprint density at radius 2 is 1.93 bits per heavy atom. The number of hydrogen-bond donors (Lipinski definition) is 1. The zero-order valence-corrected chi connectivity index (χ0v) is 15.9. The Morgan fingerprint density at radius 1 is 1.19 bits per heavy atom.